The second kappa shape index (κ2) is 3.98. The highest BCUT2D eigenvalue weighted by atomic mass is 35.5. The molecule has 0 amide bonds. The largest absolute Gasteiger partial charge is 0.319 e. The number of nitrogens with two attached hydrogens (primary N) is 1. The Kier molecular flexibility index (Phi) is 3.83. The van der Waals surface area contributed by atoms with Crippen molar-refractivity contribution in [1.29, 1.82) is 0 Å². The van der Waals surface area contributed by atoms with Gasteiger partial charge in [-0.2, -0.15) is 5.10 Å². The molecular weight excluding hydrogens is 199 g/mol. The number of hydrogen-bond donors (Lipinski definition) is 1. The summed E-state index contributed by atoms with van der Waals surface area (Å²) in [6, 6.07) is 0. The molecule has 0 aromatic carbocycles. The van der Waals surface area contributed by atoms with Crippen molar-refractivity contribution in [1.82, 2.24) is 15.2 Å². The smallest absolute Gasteiger partial charge is 0.170 e. The van der Waals surface area contributed by atoms with Crippen LogP contribution in [0.3, 0.4) is 0 Å². The highest BCUT2D eigenvalue weighted by molar-refractivity contribution is 5.85. The van der Waals surface area contributed by atoms with Crippen molar-refractivity contribution in [3.63, 3.8) is 0 Å². The lowest BCUT2D eigenvalue weighted by Gasteiger charge is -2.02. The van der Waals surface area contributed by atoms with Crippen molar-refractivity contribution < 1.29 is 0 Å². The van der Waals surface area contributed by atoms with Crippen LogP contribution in [0.15, 0.2) is 12.4 Å². The molecule has 0 saturated heterocycles. The van der Waals surface area contributed by atoms with Crippen LogP contribution in [0.5, 0.6) is 0 Å². The molecule has 0 aliphatic heterocycles. The first-order valence-corrected chi connectivity index (χ1v) is 3.24. The van der Waals surface area contributed by atoms with Gasteiger partial charge in [0.2, 0.25) is 0 Å². The monoisotopic (exact) mass is 208 g/mol. The molecule has 12 heavy (non-hydrogen) atoms. The van der Waals surface area contributed by atoms with Crippen LogP contribution in [-0.2, 0) is 5.54 Å². The first kappa shape index (κ1) is 11.6. The molecule has 1 aliphatic carbocycles. The second-order valence-electron chi connectivity index (χ2n) is 2.62. The Morgan fingerprint density at radius 2 is 1.92 bits per heavy atom. The Morgan fingerprint density at radius 1 is 1.25 bits per heavy atom. The standard InChI is InChI=1S/C6H8N4.2ClH/c7-6(1-2-6)5-8-3-4-9-10-5;;/h3-4H,1-2,7H2;2*1H. The summed E-state index contributed by atoms with van der Waals surface area (Å²) in [5.41, 5.74) is 5.56. The molecule has 2 rings (SSSR count). The first-order chi connectivity index (χ1) is 4.81. The SMILES string of the molecule is Cl.Cl.NC1(c2nccnn2)CC1. The zero-order chi connectivity index (χ0) is 7.03. The van der Waals surface area contributed by atoms with Crippen LogP contribution in [0.2, 0.25) is 0 Å². The normalized spacial score (nSPS) is 17.1. The van der Waals surface area contributed by atoms with E-state index < -0.39 is 0 Å². The van der Waals surface area contributed by atoms with Gasteiger partial charge in [-0.25, -0.2) is 4.98 Å². The molecule has 0 bridgehead atoms. The van der Waals surface area contributed by atoms with Gasteiger partial charge < -0.3 is 5.73 Å². The van der Waals surface area contributed by atoms with E-state index in [2.05, 4.69) is 15.2 Å². The molecule has 6 heteroatoms. The van der Waals surface area contributed by atoms with Crippen LogP contribution in [0.25, 0.3) is 0 Å². The summed E-state index contributed by atoms with van der Waals surface area (Å²) < 4.78 is 0. The minimum absolute atomic E-state index is 0. The Hall–Kier alpha value is -0.450. The van der Waals surface area contributed by atoms with Crippen LogP contribution < -0.4 is 5.73 Å². The quantitative estimate of drug-likeness (QED) is 0.737. The third-order valence-corrected chi connectivity index (χ3v) is 1.72. The predicted molar refractivity (Wildman–Crippen MR) is 49.4 cm³/mol. The van der Waals surface area contributed by atoms with Crippen molar-refractivity contribution in [2.75, 3.05) is 0 Å². The number of aromatic nitrogens is 3. The van der Waals surface area contributed by atoms with E-state index in [-0.39, 0.29) is 30.4 Å². The highest BCUT2D eigenvalue weighted by Gasteiger charge is 2.43. The van der Waals surface area contributed by atoms with Crippen molar-refractivity contribution in [3.05, 3.63) is 18.2 Å². The summed E-state index contributed by atoms with van der Waals surface area (Å²) in [6.07, 6.45) is 5.14. The summed E-state index contributed by atoms with van der Waals surface area (Å²) in [4.78, 5) is 4.01. The van der Waals surface area contributed by atoms with Crippen molar-refractivity contribution in [2.24, 2.45) is 5.73 Å². The Labute approximate surface area is 82.8 Å². The molecule has 0 radical (unpaired) electrons. The molecule has 1 aromatic heterocycles. The molecule has 2 N–H and O–H groups in total. The van der Waals surface area contributed by atoms with E-state index in [9.17, 15) is 0 Å². The van der Waals surface area contributed by atoms with Crippen LogP contribution in [0.4, 0.5) is 0 Å². The highest BCUT2D eigenvalue weighted by Crippen LogP contribution is 2.39. The zero-order valence-electron chi connectivity index (χ0n) is 6.30. The topological polar surface area (TPSA) is 64.7 Å². The molecular formula is C6H10Cl2N4. The van der Waals surface area contributed by atoms with E-state index in [4.69, 9.17) is 5.73 Å². The van der Waals surface area contributed by atoms with Crippen molar-refractivity contribution in [2.45, 2.75) is 18.4 Å². The van der Waals surface area contributed by atoms with E-state index in [1.807, 2.05) is 0 Å². The van der Waals surface area contributed by atoms with E-state index in [1.165, 1.54) is 0 Å². The second-order valence-corrected chi connectivity index (χ2v) is 2.62. The fourth-order valence-electron chi connectivity index (χ4n) is 0.834. The maximum atomic E-state index is 5.80. The van der Waals surface area contributed by atoms with E-state index >= 15 is 0 Å². The minimum atomic E-state index is -0.242. The average Bonchev–Trinajstić information content (AvgIpc) is 2.72. The van der Waals surface area contributed by atoms with Crippen LogP contribution in [-0.4, -0.2) is 15.2 Å². The summed E-state index contributed by atoms with van der Waals surface area (Å²) >= 11 is 0. The average molecular weight is 209 g/mol. The molecule has 0 atom stereocenters. The third-order valence-electron chi connectivity index (χ3n) is 1.72. The number of halogens is 2. The molecule has 1 saturated carbocycles. The van der Waals surface area contributed by atoms with Gasteiger partial charge in [-0.1, -0.05) is 0 Å². The fourth-order valence-corrected chi connectivity index (χ4v) is 0.834. The van der Waals surface area contributed by atoms with E-state index in [1.54, 1.807) is 12.4 Å². The van der Waals surface area contributed by atoms with Crippen LogP contribution in [0.1, 0.15) is 18.7 Å². The summed E-state index contributed by atoms with van der Waals surface area (Å²) in [6.45, 7) is 0. The lowest BCUT2D eigenvalue weighted by atomic mass is 10.3. The van der Waals surface area contributed by atoms with Gasteiger partial charge >= 0.3 is 0 Å². The summed E-state index contributed by atoms with van der Waals surface area (Å²) in [5.74, 6) is 0.676. The molecule has 0 spiro atoms. The van der Waals surface area contributed by atoms with E-state index in [0.717, 1.165) is 12.8 Å². The maximum Gasteiger partial charge on any atom is 0.170 e. The maximum absolute atomic E-state index is 5.80. The number of hydrogen-bond acceptors (Lipinski definition) is 4. The van der Waals surface area contributed by atoms with Gasteiger partial charge in [-0.15, -0.1) is 29.9 Å². The lowest BCUT2D eigenvalue weighted by Crippen LogP contribution is -2.22. The fraction of sp³-hybridized carbons (Fsp3) is 0.500. The van der Waals surface area contributed by atoms with Crippen LogP contribution >= 0.6 is 24.8 Å². The predicted octanol–water partition coefficient (Wildman–Crippen LogP) is 0.663. The Balaban J connectivity index is 0.000000605. The van der Waals surface area contributed by atoms with Gasteiger partial charge in [0.25, 0.3) is 0 Å². The molecule has 1 aromatic rings. The number of rotatable bonds is 1. The van der Waals surface area contributed by atoms with Crippen LogP contribution in [0, 0.1) is 0 Å². The minimum Gasteiger partial charge on any atom is -0.319 e. The molecule has 1 fully saturated rings. The van der Waals surface area contributed by atoms with Gasteiger partial charge in [-0.3, -0.25) is 0 Å². The third kappa shape index (κ3) is 2.03. The molecule has 1 heterocycles. The van der Waals surface area contributed by atoms with Crippen molar-refractivity contribution in [3.8, 4) is 0 Å². The van der Waals surface area contributed by atoms with Gasteiger partial charge in [0.15, 0.2) is 5.82 Å². The Bertz CT molecular complexity index is 237. The van der Waals surface area contributed by atoms with Crippen molar-refractivity contribution >= 4 is 24.8 Å². The molecule has 0 unspecified atom stereocenters. The first-order valence-electron chi connectivity index (χ1n) is 3.24. The summed E-state index contributed by atoms with van der Waals surface area (Å²) in [7, 11) is 0. The molecule has 68 valence electrons. The van der Waals surface area contributed by atoms with Gasteiger partial charge in [0, 0.05) is 6.20 Å². The molecule has 4 nitrogen and oxygen atoms in total. The summed E-state index contributed by atoms with van der Waals surface area (Å²) in [5, 5.41) is 7.53. The molecule has 1 aliphatic rings. The van der Waals surface area contributed by atoms with Gasteiger partial charge in [0.05, 0.1) is 11.7 Å². The Morgan fingerprint density at radius 3 is 2.33 bits per heavy atom. The number of nitrogens with zero attached hydrogens (tertiary/aromatic N) is 3. The lowest BCUT2D eigenvalue weighted by molar-refractivity contribution is 0.648. The van der Waals surface area contributed by atoms with Gasteiger partial charge in [0.1, 0.15) is 0 Å². The van der Waals surface area contributed by atoms with Gasteiger partial charge in [-0.05, 0) is 12.8 Å². The van der Waals surface area contributed by atoms with E-state index in [0.29, 0.717) is 5.82 Å². The zero-order valence-corrected chi connectivity index (χ0v) is 7.94.